The van der Waals surface area contributed by atoms with Crippen molar-refractivity contribution in [1.82, 2.24) is 14.5 Å². The zero-order chi connectivity index (χ0) is 14.9. The monoisotopic (exact) mass is 314 g/mol. The van der Waals surface area contributed by atoms with Crippen LogP contribution in [0, 0.1) is 13.8 Å². The van der Waals surface area contributed by atoms with Gasteiger partial charge in [-0.2, -0.15) is 5.10 Å². The van der Waals surface area contributed by atoms with E-state index in [0.29, 0.717) is 4.88 Å². The molecule has 2 rings (SSSR count). The van der Waals surface area contributed by atoms with E-state index in [1.165, 1.54) is 11.3 Å². The fourth-order valence-electron chi connectivity index (χ4n) is 2.04. The summed E-state index contributed by atoms with van der Waals surface area (Å²) in [4.78, 5) is 0.932. The molecule has 0 unspecified atom stereocenters. The molecule has 2 aromatic heterocycles. The maximum atomic E-state index is 12.3. The molecule has 0 aliphatic carbocycles. The maximum absolute atomic E-state index is 12.3. The van der Waals surface area contributed by atoms with Crippen LogP contribution in [-0.2, 0) is 30.2 Å². The standard InChI is InChI=1S/C12H18N4O2S2/c1-8-10(9(2)16(3)15-8)7-14-20(17,18)12-4-5-19-11(12)6-13/h4-5,14H,6-7,13H2,1-3H3. The summed E-state index contributed by atoms with van der Waals surface area (Å²) in [7, 11) is -1.70. The van der Waals surface area contributed by atoms with Crippen molar-refractivity contribution in [2.24, 2.45) is 12.8 Å². The Morgan fingerprint density at radius 2 is 2.15 bits per heavy atom. The van der Waals surface area contributed by atoms with Crippen LogP contribution in [0.1, 0.15) is 21.8 Å². The van der Waals surface area contributed by atoms with E-state index in [2.05, 4.69) is 9.82 Å². The lowest BCUT2D eigenvalue weighted by Gasteiger charge is -2.07. The largest absolute Gasteiger partial charge is 0.326 e. The molecule has 2 aromatic rings. The van der Waals surface area contributed by atoms with Crippen molar-refractivity contribution in [2.45, 2.75) is 31.8 Å². The molecular formula is C12H18N4O2S2. The van der Waals surface area contributed by atoms with Crippen LogP contribution in [0.15, 0.2) is 16.3 Å². The van der Waals surface area contributed by atoms with E-state index < -0.39 is 10.0 Å². The third kappa shape index (κ3) is 2.78. The van der Waals surface area contributed by atoms with Crippen LogP contribution in [0.4, 0.5) is 0 Å². The smallest absolute Gasteiger partial charge is 0.242 e. The first-order valence-corrected chi connectivity index (χ1v) is 8.48. The number of rotatable bonds is 5. The predicted octanol–water partition coefficient (Wildman–Crippen LogP) is 1.04. The van der Waals surface area contributed by atoms with E-state index in [0.717, 1.165) is 17.0 Å². The van der Waals surface area contributed by atoms with E-state index in [-0.39, 0.29) is 18.0 Å². The number of nitrogens with one attached hydrogen (secondary N) is 1. The van der Waals surface area contributed by atoms with E-state index in [9.17, 15) is 8.42 Å². The van der Waals surface area contributed by atoms with Crippen molar-refractivity contribution in [1.29, 1.82) is 0 Å². The summed E-state index contributed by atoms with van der Waals surface area (Å²) in [6.07, 6.45) is 0. The second-order valence-corrected chi connectivity index (χ2v) is 7.25. The van der Waals surface area contributed by atoms with Crippen molar-refractivity contribution < 1.29 is 8.42 Å². The summed E-state index contributed by atoms with van der Waals surface area (Å²) in [5.41, 5.74) is 8.24. The minimum atomic E-state index is -3.54. The molecule has 110 valence electrons. The fraction of sp³-hybridized carbons (Fsp3) is 0.417. The molecule has 3 N–H and O–H groups in total. The normalized spacial score (nSPS) is 12.0. The van der Waals surface area contributed by atoms with Crippen LogP contribution in [0.25, 0.3) is 0 Å². The molecule has 8 heteroatoms. The molecule has 0 bridgehead atoms. The van der Waals surface area contributed by atoms with E-state index in [1.807, 2.05) is 20.9 Å². The average molecular weight is 314 g/mol. The fourth-order valence-corrected chi connectivity index (χ4v) is 4.36. The van der Waals surface area contributed by atoms with Crippen LogP contribution >= 0.6 is 11.3 Å². The predicted molar refractivity (Wildman–Crippen MR) is 78.9 cm³/mol. The molecule has 0 aliphatic heterocycles. The van der Waals surface area contributed by atoms with Gasteiger partial charge in [0.05, 0.1) is 10.6 Å². The SMILES string of the molecule is Cc1nn(C)c(C)c1CNS(=O)(=O)c1ccsc1CN. The number of nitrogens with zero attached hydrogens (tertiary/aromatic N) is 2. The minimum Gasteiger partial charge on any atom is -0.326 e. The Labute approximate surface area is 122 Å². The molecule has 0 aliphatic rings. The number of hydrogen-bond acceptors (Lipinski definition) is 5. The zero-order valence-electron chi connectivity index (χ0n) is 11.7. The molecule has 0 saturated carbocycles. The number of aromatic nitrogens is 2. The Hall–Kier alpha value is -1.22. The quantitative estimate of drug-likeness (QED) is 0.862. The van der Waals surface area contributed by atoms with Crippen molar-refractivity contribution in [3.05, 3.63) is 33.3 Å². The van der Waals surface area contributed by atoms with Crippen LogP contribution in [0.2, 0.25) is 0 Å². The Morgan fingerprint density at radius 3 is 2.70 bits per heavy atom. The van der Waals surface area contributed by atoms with Gasteiger partial charge in [0.2, 0.25) is 10.0 Å². The molecule has 0 saturated heterocycles. The third-order valence-corrected chi connectivity index (χ3v) is 5.84. The second kappa shape index (κ2) is 5.65. The molecule has 0 radical (unpaired) electrons. The third-order valence-electron chi connectivity index (χ3n) is 3.28. The summed E-state index contributed by atoms with van der Waals surface area (Å²) in [5, 5.41) is 6.01. The van der Waals surface area contributed by atoms with Gasteiger partial charge in [-0.3, -0.25) is 4.68 Å². The van der Waals surface area contributed by atoms with E-state index in [1.54, 1.807) is 16.1 Å². The lowest BCUT2D eigenvalue weighted by molar-refractivity contribution is 0.580. The van der Waals surface area contributed by atoms with Crippen LogP contribution in [0.3, 0.4) is 0 Å². The zero-order valence-corrected chi connectivity index (χ0v) is 13.3. The average Bonchev–Trinajstić information content (AvgIpc) is 2.95. The highest BCUT2D eigenvalue weighted by molar-refractivity contribution is 7.89. The summed E-state index contributed by atoms with van der Waals surface area (Å²) in [6, 6.07) is 1.58. The molecule has 6 nitrogen and oxygen atoms in total. The first-order valence-electron chi connectivity index (χ1n) is 6.12. The molecule has 0 atom stereocenters. The van der Waals surface area contributed by atoms with Gasteiger partial charge >= 0.3 is 0 Å². The summed E-state index contributed by atoms with van der Waals surface area (Å²) in [5.74, 6) is 0. The summed E-state index contributed by atoms with van der Waals surface area (Å²) < 4.78 is 28.9. The van der Waals surface area contributed by atoms with Crippen molar-refractivity contribution >= 4 is 21.4 Å². The van der Waals surface area contributed by atoms with E-state index >= 15 is 0 Å². The van der Waals surface area contributed by atoms with Crippen molar-refractivity contribution in [3.63, 3.8) is 0 Å². The Kier molecular flexibility index (Phi) is 4.28. The molecule has 20 heavy (non-hydrogen) atoms. The topological polar surface area (TPSA) is 90.0 Å². The number of aryl methyl sites for hydroxylation is 2. The summed E-state index contributed by atoms with van der Waals surface area (Å²) in [6.45, 7) is 4.23. The van der Waals surface area contributed by atoms with Crippen LogP contribution in [-0.4, -0.2) is 18.2 Å². The van der Waals surface area contributed by atoms with Crippen molar-refractivity contribution in [3.8, 4) is 0 Å². The highest BCUT2D eigenvalue weighted by Gasteiger charge is 2.20. The highest BCUT2D eigenvalue weighted by Crippen LogP contribution is 2.21. The van der Waals surface area contributed by atoms with E-state index in [4.69, 9.17) is 5.73 Å². The second-order valence-electron chi connectivity index (χ2n) is 4.51. The molecule has 0 fully saturated rings. The highest BCUT2D eigenvalue weighted by atomic mass is 32.2. The lowest BCUT2D eigenvalue weighted by atomic mass is 10.2. The van der Waals surface area contributed by atoms with Crippen LogP contribution in [0.5, 0.6) is 0 Å². The van der Waals surface area contributed by atoms with Gasteiger partial charge < -0.3 is 5.73 Å². The number of nitrogens with two attached hydrogens (primary N) is 1. The van der Waals surface area contributed by atoms with Gasteiger partial charge in [-0.05, 0) is 25.3 Å². The minimum absolute atomic E-state index is 0.221. The van der Waals surface area contributed by atoms with Gasteiger partial charge in [0, 0.05) is 36.3 Å². The number of hydrogen-bond donors (Lipinski definition) is 2. The van der Waals surface area contributed by atoms with Gasteiger partial charge in [-0.1, -0.05) is 0 Å². The molecule has 2 heterocycles. The Balaban J connectivity index is 2.22. The van der Waals surface area contributed by atoms with Gasteiger partial charge in [0.1, 0.15) is 0 Å². The van der Waals surface area contributed by atoms with Crippen LogP contribution < -0.4 is 10.5 Å². The van der Waals surface area contributed by atoms with Crippen molar-refractivity contribution in [2.75, 3.05) is 0 Å². The molecule has 0 aromatic carbocycles. The summed E-state index contributed by atoms with van der Waals surface area (Å²) >= 11 is 1.35. The van der Waals surface area contributed by atoms with Gasteiger partial charge in [-0.25, -0.2) is 13.1 Å². The number of sulfonamides is 1. The molecule has 0 amide bonds. The number of thiophene rings is 1. The van der Waals surface area contributed by atoms with Gasteiger partial charge in [0.15, 0.2) is 0 Å². The molecule has 0 spiro atoms. The maximum Gasteiger partial charge on any atom is 0.242 e. The Bertz CT molecular complexity index is 716. The Morgan fingerprint density at radius 1 is 1.45 bits per heavy atom. The first kappa shape index (κ1) is 15.2. The first-order chi connectivity index (χ1) is 9.36. The molecular weight excluding hydrogens is 296 g/mol. The lowest BCUT2D eigenvalue weighted by Crippen LogP contribution is -2.24. The van der Waals surface area contributed by atoms with Gasteiger partial charge in [-0.15, -0.1) is 11.3 Å². The van der Waals surface area contributed by atoms with Gasteiger partial charge in [0.25, 0.3) is 0 Å².